The molecule has 0 atom stereocenters. The van der Waals surface area contributed by atoms with Crippen LogP contribution in [0.4, 0.5) is 5.13 Å². The van der Waals surface area contributed by atoms with Gasteiger partial charge in [0.05, 0.1) is 0 Å². The molecule has 4 nitrogen and oxygen atoms in total. The topological polar surface area (TPSA) is 41.0 Å². The van der Waals surface area contributed by atoms with Crippen molar-refractivity contribution >= 4 is 16.7 Å². The van der Waals surface area contributed by atoms with Gasteiger partial charge in [0.1, 0.15) is 5.82 Å². The van der Waals surface area contributed by atoms with Crippen LogP contribution in [0.3, 0.4) is 0 Å². The van der Waals surface area contributed by atoms with Crippen LogP contribution in [0.5, 0.6) is 0 Å². The van der Waals surface area contributed by atoms with Gasteiger partial charge in [0.25, 0.3) is 0 Å². The molecular weight excluding hydrogens is 244 g/mol. The van der Waals surface area contributed by atoms with Gasteiger partial charge in [-0.05, 0) is 32.4 Å². The number of aromatic nitrogens is 2. The van der Waals surface area contributed by atoms with Crippen molar-refractivity contribution in [2.24, 2.45) is 5.92 Å². The van der Waals surface area contributed by atoms with E-state index in [0.29, 0.717) is 0 Å². The van der Waals surface area contributed by atoms with E-state index in [-0.39, 0.29) is 5.41 Å². The number of piperidine rings is 1. The van der Waals surface area contributed by atoms with E-state index in [1.165, 1.54) is 12.8 Å². The summed E-state index contributed by atoms with van der Waals surface area (Å²) in [7, 11) is 2.03. The molecule has 2 rings (SSSR count). The van der Waals surface area contributed by atoms with E-state index in [1.54, 1.807) is 11.5 Å². The Bertz CT molecular complexity index is 375. The van der Waals surface area contributed by atoms with Gasteiger partial charge in [0, 0.05) is 30.0 Å². The predicted octanol–water partition coefficient (Wildman–Crippen LogP) is 2.27. The molecule has 1 aromatic rings. The molecule has 0 radical (unpaired) electrons. The van der Waals surface area contributed by atoms with Crippen molar-refractivity contribution in [1.29, 1.82) is 0 Å². The first kappa shape index (κ1) is 13.7. The van der Waals surface area contributed by atoms with Crippen molar-refractivity contribution < 1.29 is 0 Å². The fourth-order valence-corrected chi connectivity index (χ4v) is 3.17. The standard InChI is InChI=1S/C13H24N4S/c1-13(2,3)11-15-12(18-16-11)17-7-5-10(6-8-17)9-14-4/h10,14H,5-9H2,1-4H3. The zero-order valence-electron chi connectivity index (χ0n) is 11.9. The Balaban J connectivity index is 1.95. The van der Waals surface area contributed by atoms with Gasteiger partial charge in [-0.25, -0.2) is 4.98 Å². The lowest BCUT2D eigenvalue weighted by Gasteiger charge is -2.31. The summed E-state index contributed by atoms with van der Waals surface area (Å²) in [5.74, 6) is 1.79. The van der Waals surface area contributed by atoms with Gasteiger partial charge in [0.2, 0.25) is 5.13 Å². The molecule has 0 unspecified atom stereocenters. The summed E-state index contributed by atoms with van der Waals surface area (Å²) in [4.78, 5) is 7.08. The van der Waals surface area contributed by atoms with E-state index < -0.39 is 0 Å². The third-order valence-electron chi connectivity index (χ3n) is 3.46. The highest BCUT2D eigenvalue weighted by molar-refractivity contribution is 7.09. The van der Waals surface area contributed by atoms with E-state index in [1.807, 2.05) is 7.05 Å². The summed E-state index contributed by atoms with van der Waals surface area (Å²) in [6.45, 7) is 9.86. The first-order valence-electron chi connectivity index (χ1n) is 6.74. The van der Waals surface area contributed by atoms with Gasteiger partial charge >= 0.3 is 0 Å². The monoisotopic (exact) mass is 268 g/mol. The molecule has 2 heterocycles. The van der Waals surface area contributed by atoms with E-state index >= 15 is 0 Å². The molecule has 5 heteroatoms. The van der Waals surface area contributed by atoms with Crippen LogP contribution in [0.15, 0.2) is 0 Å². The molecule has 1 saturated heterocycles. The lowest BCUT2D eigenvalue weighted by atomic mass is 9.96. The summed E-state index contributed by atoms with van der Waals surface area (Å²) in [5.41, 5.74) is 0.0548. The average Bonchev–Trinajstić information content (AvgIpc) is 2.79. The van der Waals surface area contributed by atoms with Crippen LogP contribution in [0.25, 0.3) is 0 Å². The molecule has 0 aromatic carbocycles. The number of nitrogens with zero attached hydrogens (tertiary/aromatic N) is 3. The normalized spacial score (nSPS) is 18.3. The lowest BCUT2D eigenvalue weighted by molar-refractivity contribution is 0.393. The second-order valence-electron chi connectivity index (χ2n) is 6.14. The van der Waals surface area contributed by atoms with Crippen molar-refractivity contribution in [2.75, 3.05) is 31.6 Å². The Morgan fingerprint density at radius 2 is 2.00 bits per heavy atom. The number of anilines is 1. The summed E-state index contributed by atoms with van der Waals surface area (Å²) in [6, 6.07) is 0. The second kappa shape index (κ2) is 5.53. The molecular formula is C13H24N4S. The summed E-state index contributed by atoms with van der Waals surface area (Å²) >= 11 is 1.55. The quantitative estimate of drug-likeness (QED) is 0.913. The first-order valence-corrected chi connectivity index (χ1v) is 7.52. The number of nitrogens with one attached hydrogen (secondary N) is 1. The van der Waals surface area contributed by atoms with Crippen LogP contribution in [0.2, 0.25) is 0 Å². The minimum atomic E-state index is 0.0548. The molecule has 1 N–H and O–H groups in total. The summed E-state index contributed by atoms with van der Waals surface area (Å²) in [6.07, 6.45) is 2.51. The summed E-state index contributed by atoms with van der Waals surface area (Å²) < 4.78 is 4.49. The van der Waals surface area contributed by atoms with Crippen LogP contribution < -0.4 is 10.2 Å². The van der Waals surface area contributed by atoms with Crippen LogP contribution in [0.1, 0.15) is 39.4 Å². The Kier molecular flexibility index (Phi) is 4.22. The fraction of sp³-hybridized carbons (Fsp3) is 0.846. The third kappa shape index (κ3) is 3.20. The Hall–Kier alpha value is -0.680. The SMILES string of the molecule is CNCC1CCN(c2nc(C(C)(C)C)ns2)CC1. The second-order valence-corrected chi connectivity index (χ2v) is 6.87. The number of rotatable bonds is 3. The van der Waals surface area contributed by atoms with Crippen LogP contribution in [-0.4, -0.2) is 36.0 Å². The summed E-state index contributed by atoms with van der Waals surface area (Å²) in [5, 5.41) is 4.37. The van der Waals surface area contributed by atoms with Crippen molar-refractivity contribution in [2.45, 2.75) is 39.0 Å². The molecule has 0 spiro atoms. The number of hydrogen-bond donors (Lipinski definition) is 1. The maximum Gasteiger partial charge on any atom is 0.205 e. The molecule has 102 valence electrons. The van der Waals surface area contributed by atoms with Crippen molar-refractivity contribution in [3.63, 3.8) is 0 Å². The first-order chi connectivity index (χ1) is 8.50. The van der Waals surface area contributed by atoms with Gasteiger partial charge in [-0.2, -0.15) is 4.37 Å². The van der Waals surface area contributed by atoms with Crippen LogP contribution in [0, 0.1) is 5.92 Å². The van der Waals surface area contributed by atoms with Gasteiger partial charge in [-0.15, -0.1) is 0 Å². The van der Waals surface area contributed by atoms with E-state index in [2.05, 4.69) is 35.4 Å². The van der Waals surface area contributed by atoms with Gasteiger partial charge < -0.3 is 10.2 Å². The van der Waals surface area contributed by atoms with Gasteiger partial charge in [0.15, 0.2) is 0 Å². The Morgan fingerprint density at radius 1 is 1.33 bits per heavy atom. The maximum atomic E-state index is 4.69. The maximum absolute atomic E-state index is 4.69. The highest BCUT2D eigenvalue weighted by Crippen LogP contribution is 2.28. The average molecular weight is 268 g/mol. The van der Waals surface area contributed by atoms with Gasteiger partial charge in [-0.1, -0.05) is 20.8 Å². The molecule has 0 amide bonds. The molecule has 0 bridgehead atoms. The molecule has 1 fully saturated rings. The van der Waals surface area contributed by atoms with Crippen LogP contribution in [-0.2, 0) is 5.41 Å². The van der Waals surface area contributed by atoms with Crippen molar-refractivity contribution in [1.82, 2.24) is 14.7 Å². The molecule has 0 saturated carbocycles. The zero-order valence-corrected chi connectivity index (χ0v) is 12.7. The zero-order chi connectivity index (χ0) is 13.2. The molecule has 18 heavy (non-hydrogen) atoms. The Morgan fingerprint density at radius 3 is 2.50 bits per heavy atom. The molecule has 1 aromatic heterocycles. The Labute approximate surface area is 114 Å². The minimum Gasteiger partial charge on any atom is -0.347 e. The molecule has 0 aliphatic carbocycles. The highest BCUT2D eigenvalue weighted by Gasteiger charge is 2.24. The largest absolute Gasteiger partial charge is 0.347 e. The number of hydrogen-bond acceptors (Lipinski definition) is 5. The van der Waals surface area contributed by atoms with Crippen molar-refractivity contribution in [3.05, 3.63) is 5.82 Å². The van der Waals surface area contributed by atoms with E-state index in [0.717, 1.165) is 36.5 Å². The molecule has 1 aliphatic rings. The molecule has 1 aliphatic heterocycles. The van der Waals surface area contributed by atoms with Gasteiger partial charge in [-0.3, -0.25) is 0 Å². The van der Waals surface area contributed by atoms with Crippen LogP contribution >= 0.6 is 11.5 Å². The predicted molar refractivity (Wildman–Crippen MR) is 77.5 cm³/mol. The lowest BCUT2D eigenvalue weighted by Crippen LogP contribution is -2.36. The third-order valence-corrected chi connectivity index (χ3v) is 4.24. The van der Waals surface area contributed by atoms with E-state index in [4.69, 9.17) is 4.98 Å². The smallest absolute Gasteiger partial charge is 0.205 e. The minimum absolute atomic E-state index is 0.0548. The van der Waals surface area contributed by atoms with Crippen molar-refractivity contribution in [3.8, 4) is 0 Å². The highest BCUT2D eigenvalue weighted by atomic mass is 32.1. The van der Waals surface area contributed by atoms with E-state index in [9.17, 15) is 0 Å². The fourth-order valence-electron chi connectivity index (χ4n) is 2.27.